The second-order valence-electron chi connectivity index (χ2n) is 5.77. The van der Waals surface area contributed by atoms with Gasteiger partial charge in [0.25, 0.3) is 0 Å². The van der Waals surface area contributed by atoms with E-state index in [9.17, 15) is 0 Å². The lowest BCUT2D eigenvalue weighted by molar-refractivity contribution is 0.210. The van der Waals surface area contributed by atoms with Gasteiger partial charge in [0.2, 0.25) is 0 Å². The summed E-state index contributed by atoms with van der Waals surface area (Å²) < 4.78 is 10.8. The van der Waals surface area contributed by atoms with E-state index < -0.39 is 0 Å². The maximum atomic E-state index is 5.89. The Bertz CT molecular complexity index is 841. The first kappa shape index (κ1) is 18.9. The fraction of sp³-hybridized carbons (Fsp3) is 0.200. The van der Waals surface area contributed by atoms with Crippen LogP contribution in [0, 0.1) is 0 Å². The van der Waals surface area contributed by atoms with Crippen molar-refractivity contribution in [1.29, 1.82) is 0 Å². The number of hydrogen-bond acceptors (Lipinski definition) is 6. The van der Waals surface area contributed by atoms with Crippen LogP contribution in [0.15, 0.2) is 60.9 Å². The average Bonchev–Trinajstić information content (AvgIpc) is 2.69. The summed E-state index contributed by atoms with van der Waals surface area (Å²) in [6.07, 6.45) is 1.51. The fourth-order valence-corrected chi connectivity index (χ4v) is 2.46. The number of halogens is 1. The molecule has 7 heteroatoms. The van der Waals surface area contributed by atoms with Gasteiger partial charge < -0.3 is 20.1 Å². The standard InChI is InChI=1S/C20H21ClN4O2/c1-26-11-10-22-19-12-20(24-14-23-19)25-17-6-8-18(9-7-17)27-13-15-2-4-16(21)5-3-15/h2-9,12,14H,10-11,13H2,1H3,(H2,22,23,24,25). The molecule has 3 aromatic rings. The zero-order chi connectivity index (χ0) is 18.9. The van der Waals surface area contributed by atoms with Gasteiger partial charge >= 0.3 is 0 Å². The van der Waals surface area contributed by atoms with Crippen LogP contribution in [0.1, 0.15) is 5.56 Å². The second kappa shape index (κ2) is 9.75. The van der Waals surface area contributed by atoms with Crippen LogP contribution in [-0.4, -0.2) is 30.2 Å². The van der Waals surface area contributed by atoms with E-state index in [0.717, 1.165) is 27.8 Å². The maximum Gasteiger partial charge on any atom is 0.135 e. The summed E-state index contributed by atoms with van der Waals surface area (Å²) in [6.45, 7) is 1.79. The Balaban J connectivity index is 1.54. The van der Waals surface area contributed by atoms with Gasteiger partial charge in [-0.1, -0.05) is 23.7 Å². The minimum atomic E-state index is 0.492. The van der Waals surface area contributed by atoms with Crippen LogP contribution in [0.2, 0.25) is 5.02 Å². The Hall–Kier alpha value is -2.83. The molecule has 3 rings (SSSR count). The van der Waals surface area contributed by atoms with Crippen molar-refractivity contribution in [3.63, 3.8) is 0 Å². The fourth-order valence-electron chi connectivity index (χ4n) is 2.33. The Morgan fingerprint density at radius 1 is 0.963 bits per heavy atom. The lowest BCUT2D eigenvalue weighted by Gasteiger charge is -2.10. The molecule has 0 saturated heterocycles. The molecule has 0 atom stereocenters. The second-order valence-corrected chi connectivity index (χ2v) is 6.21. The summed E-state index contributed by atoms with van der Waals surface area (Å²) in [6, 6.07) is 17.2. The molecule has 2 N–H and O–H groups in total. The zero-order valence-corrected chi connectivity index (χ0v) is 15.7. The predicted octanol–water partition coefficient (Wildman–Crippen LogP) is 4.51. The van der Waals surface area contributed by atoms with E-state index in [1.807, 2.05) is 54.6 Å². The van der Waals surface area contributed by atoms with Crippen molar-refractivity contribution >= 4 is 28.9 Å². The van der Waals surface area contributed by atoms with Crippen molar-refractivity contribution in [3.05, 3.63) is 71.5 Å². The number of benzene rings is 2. The van der Waals surface area contributed by atoms with Crippen molar-refractivity contribution in [3.8, 4) is 5.75 Å². The molecule has 1 heterocycles. The van der Waals surface area contributed by atoms with Crippen molar-refractivity contribution in [2.45, 2.75) is 6.61 Å². The third-order valence-corrected chi connectivity index (χ3v) is 3.98. The highest BCUT2D eigenvalue weighted by molar-refractivity contribution is 6.30. The van der Waals surface area contributed by atoms with E-state index >= 15 is 0 Å². The van der Waals surface area contributed by atoms with E-state index in [1.54, 1.807) is 7.11 Å². The monoisotopic (exact) mass is 384 g/mol. The first-order chi connectivity index (χ1) is 13.2. The number of rotatable bonds is 9. The Labute approximate surface area is 163 Å². The number of aromatic nitrogens is 2. The first-order valence-corrected chi connectivity index (χ1v) is 8.90. The molecular weight excluding hydrogens is 364 g/mol. The van der Waals surface area contributed by atoms with Gasteiger partial charge in [-0.2, -0.15) is 0 Å². The van der Waals surface area contributed by atoms with Crippen LogP contribution < -0.4 is 15.4 Å². The lowest BCUT2D eigenvalue weighted by atomic mass is 10.2. The molecular formula is C20H21ClN4O2. The summed E-state index contributed by atoms with van der Waals surface area (Å²) in [5.41, 5.74) is 1.98. The van der Waals surface area contributed by atoms with Crippen LogP contribution in [0.25, 0.3) is 0 Å². The van der Waals surface area contributed by atoms with Crippen LogP contribution >= 0.6 is 11.6 Å². The highest BCUT2D eigenvalue weighted by Gasteiger charge is 2.01. The lowest BCUT2D eigenvalue weighted by Crippen LogP contribution is -2.09. The summed E-state index contributed by atoms with van der Waals surface area (Å²) in [5, 5.41) is 7.14. The highest BCUT2D eigenvalue weighted by atomic mass is 35.5. The van der Waals surface area contributed by atoms with E-state index in [-0.39, 0.29) is 0 Å². The van der Waals surface area contributed by atoms with Crippen molar-refractivity contribution < 1.29 is 9.47 Å². The number of anilines is 3. The summed E-state index contributed by atoms with van der Waals surface area (Å²) >= 11 is 5.89. The molecule has 0 saturated carbocycles. The van der Waals surface area contributed by atoms with Gasteiger partial charge in [-0.05, 0) is 42.0 Å². The number of nitrogens with zero attached hydrogens (tertiary/aromatic N) is 2. The molecule has 6 nitrogen and oxygen atoms in total. The molecule has 0 amide bonds. The van der Waals surface area contributed by atoms with E-state index in [1.165, 1.54) is 6.33 Å². The molecule has 1 aromatic heterocycles. The molecule has 2 aromatic carbocycles. The van der Waals surface area contributed by atoms with Crippen molar-refractivity contribution in [2.24, 2.45) is 0 Å². The van der Waals surface area contributed by atoms with Gasteiger partial charge in [0, 0.05) is 30.4 Å². The molecule has 0 bridgehead atoms. The van der Waals surface area contributed by atoms with Gasteiger partial charge in [-0.15, -0.1) is 0 Å². The summed E-state index contributed by atoms with van der Waals surface area (Å²) in [4.78, 5) is 8.41. The van der Waals surface area contributed by atoms with Gasteiger partial charge in [-0.3, -0.25) is 0 Å². The number of nitrogens with one attached hydrogen (secondary N) is 2. The quantitative estimate of drug-likeness (QED) is 0.529. The molecule has 140 valence electrons. The molecule has 27 heavy (non-hydrogen) atoms. The van der Waals surface area contributed by atoms with E-state index in [4.69, 9.17) is 21.1 Å². The van der Waals surface area contributed by atoms with Gasteiger partial charge in [0.1, 0.15) is 30.3 Å². The average molecular weight is 385 g/mol. The van der Waals surface area contributed by atoms with Gasteiger partial charge in [0.05, 0.1) is 6.61 Å². The van der Waals surface area contributed by atoms with Crippen molar-refractivity contribution in [2.75, 3.05) is 30.9 Å². The van der Waals surface area contributed by atoms with Crippen LogP contribution in [-0.2, 0) is 11.3 Å². The molecule has 0 radical (unpaired) electrons. The molecule has 0 aliphatic heterocycles. The van der Waals surface area contributed by atoms with Crippen LogP contribution in [0.4, 0.5) is 17.3 Å². The number of methoxy groups -OCH3 is 1. The maximum absolute atomic E-state index is 5.89. The Kier molecular flexibility index (Phi) is 6.84. The molecule has 0 spiro atoms. The topological polar surface area (TPSA) is 68.3 Å². The summed E-state index contributed by atoms with van der Waals surface area (Å²) in [5.74, 6) is 2.24. The van der Waals surface area contributed by atoms with Gasteiger partial charge in [0.15, 0.2) is 0 Å². The SMILES string of the molecule is COCCNc1cc(Nc2ccc(OCc3ccc(Cl)cc3)cc2)ncn1. The highest BCUT2D eigenvalue weighted by Crippen LogP contribution is 2.21. The third-order valence-electron chi connectivity index (χ3n) is 3.72. The number of hydrogen-bond donors (Lipinski definition) is 2. The minimum absolute atomic E-state index is 0.492. The minimum Gasteiger partial charge on any atom is -0.489 e. The Morgan fingerprint density at radius 2 is 1.70 bits per heavy atom. The van der Waals surface area contributed by atoms with E-state index in [2.05, 4.69) is 20.6 Å². The normalized spacial score (nSPS) is 10.4. The van der Waals surface area contributed by atoms with Crippen LogP contribution in [0.5, 0.6) is 5.75 Å². The largest absolute Gasteiger partial charge is 0.489 e. The third kappa shape index (κ3) is 6.13. The molecule has 0 aliphatic carbocycles. The van der Waals surface area contributed by atoms with Gasteiger partial charge in [-0.25, -0.2) is 9.97 Å². The van der Waals surface area contributed by atoms with Crippen LogP contribution in [0.3, 0.4) is 0 Å². The van der Waals surface area contributed by atoms with E-state index in [0.29, 0.717) is 25.6 Å². The predicted molar refractivity (Wildman–Crippen MR) is 108 cm³/mol. The molecule has 0 aliphatic rings. The summed E-state index contributed by atoms with van der Waals surface area (Å²) in [7, 11) is 1.66. The molecule has 0 fully saturated rings. The Morgan fingerprint density at radius 3 is 2.44 bits per heavy atom. The zero-order valence-electron chi connectivity index (χ0n) is 15.0. The van der Waals surface area contributed by atoms with Crippen molar-refractivity contribution in [1.82, 2.24) is 9.97 Å². The molecule has 0 unspecified atom stereocenters. The number of ether oxygens (including phenoxy) is 2. The smallest absolute Gasteiger partial charge is 0.135 e. The first-order valence-electron chi connectivity index (χ1n) is 8.52.